The van der Waals surface area contributed by atoms with Crippen LogP contribution in [0.1, 0.15) is 5.56 Å². The maximum Gasteiger partial charge on any atom is 0.416 e. The van der Waals surface area contributed by atoms with Gasteiger partial charge in [0, 0.05) is 0 Å². The van der Waals surface area contributed by atoms with Crippen LogP contribution in [0.15, 0.2) is 24.3 Å². The molecule has 0 aliphatic carbocycles. The van der Waals surface area contributed by atoms with E-state index in [-0.39, 0.29) is 5.69 Å². The molecule has 0 aliphatic heterocycles. The first-order valence-corrected chi connectivity index (χ1v) is 3.43. The van der Waals surface area contributed by atoms with E-state index in [0.29, 0.717) is 0 Å². The Hall–Kier alpha value is -1.79. The highest BCUT2D eigenvalue weighted by Gasteiger charge is 2.29. The summed E-state index contributed by atoms with van der Waals surface area (Å²) >= 11 is 0. The molecule has 0 bridgehead atoms. The predicted molar refractivity (Wildman–Crippen MR) is 41.5 cm³/mol. The van der Waals surface area contributed by atoms with E-state index >= 15 is 0 Å². The fourth-order valence-corrected chi connectivity index (χ4v) is 0.811. The zero-order valence-electron chi connectivity index (χ0n) is 6.65. The maximum absolute atomic E-state index is 12.0. The van der Waals surface area contributed by atoms with Gasteiger partial charge in [-0.15, -0.1) is 0 Å². The van der Waals surface area contributed by atoms with E-state index in [1.807, 2.05) is 0 Å². The molecule has 0 heterocycles. The number of rotatable bonds is 2. The number of halogens is 3. The molecular weight excluding hydrogens is 201 g/mol. The molecular formula is C7H4F3N2O2-. The molecule has 1 aromatic rings. The molecule has 1 aromatic carbocycles. The van der Waals surface area contributed by atoms with Crippen LogP contribution in [0, 0.1) is 10.1 Å². The van der Waals surface area contributed by atoms with E-state index in [9.17, 15) is 23.3 Å². The van der Waals surface area contributed by atoms with Crippen molar-refractivity contribution in [3.05, 3.63) is 45.4 Å². The van der Waals surface area contributed by atoms with Crippen molar-refractivity contribution in [3.8, 4) is 0 Å². The summed E-state index contributed by atoms with van der Waals surface area (Å²) in [7, 11) is 0. The summed E-state index contributed by atoms with van der Waals surface area (Å²) in [6.45, 7) is 0. The average Bonchev–Trinajstić information content (AvgIpc) is 2.02. The lowest BCUT2D eigenvalue weighted by molar-refractivity contribution is -0.418. The number of hydrogen-bond donors (Lipinski definition) is 0. The SMILES string of the molecule is O=[N+]([O-])[N-]c1ccc(C(F)(F)F)cc1. The van der Waals surface area contributed by atoms with Crippen LogP contribution in [0.4, 0.5) is 18.9 Å². The minimum Gasteiger partial charge on any atom is -0.349 e. The highest BCUT2D eigenvalue weighted by molar-refractivity contribution is 5.46. The summed E-state index contributed by atoms with van der Waals surface area (Å²) in [5, 5.41) is 8.90. The molecule has 0 unspecified atom stereocenters. The summed E-state index contributed by atoms with van der Waals surface area (Å²) < 4.78 is 36.1. The van der Waals surface area contributed by atoms with Crippen LogP contribution in [-0.2, 0) is 6.18 Å². The zero-order valence-corrected chi connectivity index (χ0v) is 6.65. The molecule has 0 atom stereocenters. The molecule has 0 radical (unpaired) electrons. The van der Waals surface area contributed by atoms with Crippen LogP contribution in [0.5, 0.6) is 0 Å². The Morgan fingerprint density at radius 2 is 1.71 bits per heavy atom. The Morgan fingerprint density at radius 1 is 1.21 bits per heavy atom. The third-order valence-electron chi connectivity index (χ3n) is 1.39. The lowest BCUT2D eigenvalue weighted by atomic mass is 10.2. The first kappa shape index (κ1) is 10.3. The van der Waals surface area contributed by atoms with Crippen LogP contribution >= 0.6 is 0 Å². The summed E-state index contributed by atoms with van der Waals surface area (Å²) in [4.78, 5) is 9.87. The van der Waals surface area contributed by atoms with Gasteiger partial charge in [0.05, 0.1) is 5.56 Å². The van der Waals surface area contributed by atoms with Crippen molar-refractivity contribution in [2.75, 3.05) is 0 Å². The molecule has 0 saturated heterocycles. The van der Waals surface area contributed by atoms with Crippen LogP contribution in [0.25, 0.3) is 5.43 Å². The molecule has 1 rings (SSSR count). The molecule has 76 valence electrons. The summed E-state index contributed by atoms with van der Waals surface area (Å²) in [6, 6.07) is 3.35. The van der Waals surface area contributed by atoms with Crippen molar-refractivity contribution < 1.29 is 18.2 Å². The largest absolute Gasteiger partial charge is 0.416 e. The van der Waals surface area contributed by atoms with Gasteiger partial charge in [-0.2, -0.15) is 13.2 Å². The van der Waals surface area contributed by atoms with Gasteiger partial charge in [0.15, 0.2) is 0 Å². The normalized spacial score (nSPS) is 11.1. The third kappa shape index (κ3) is 2.61. The quantitative estimate of drug-likeness (QED) is 0.550. The monoisotopic (exact) mass is 205 g/mol. The van der Waals surface area contributed by atoms with E-state index in [1.54, 1.807) is 0 Å². The fourth-order valence-electron chi connectivity index (χ4n) is 0.811. The Balaban J connectivity index is 2.84. The minimum atomic E-state index is -4.44. The number of benzene rings is 1. The number of alkyl halides is 3. The van der Waals surface area contributed by atoms with E-state index in [4.69, 9.17) is 0 Å². The first-order valence-electron chi connectivity index (χ1n) is 3.43. The second-order valence-corrected chi connectivity index (χ2v) is 2.38. The molecule has 7 heteroatoms. The van der Waals surface area contributed by atoms with Gasteiger partial charge in [-0.3, -0.25) is 10.1 Å². The summed E-state index contributed by atoms with van der Waals surface area (Å²) in [5.41, 5.74) is 1.85. The Kier molecular flexibility index (Phi) is 2.59. The number of hydrogen-bond acceptors (Lipinski definition) is 2. The maximum atomic E-state index is 12.0. The lowest BCUT2D eigenvalue weighted by Gasteiger charge is -2.11. The molecule has 0 aliphatic rings. The van der Waals surface area contributed by atoms with E-state index in [1.165, 1.54) is 0 Å². The van der Waals surface area contributed by atoms with Gasteiger partial charge < -0.3 is 5.43 Å². The van der Waals surface area contributed by atoms with Gasteiger partial charge in [0.25, 0.3) is 0 Å². The van der Waals surface area contributed by atoms with Crippen LogP contribution < -0.4 is 0 Å². The van der Waals surface area contributed by atoms with Crippen molar-refractivity contribution in [3.63, 3.8) is 0 Å². The van der Waals surface area contributed by atoms with Crippen molar-refractivity contribution >= 4 is 5.69 Å². The van der Waals surface area contributed by atoms with Gasteiger partial charge in [-0.1, -0.05) is 30.0 Å². The van der Waals surface area contributed by atoms with Crippen LogP contribution in [0.2, 0.25) is 0 Å². The smallest absolute Gasteiger partial charge is 0.349 e. The van der Waals surface area contributed by atoms with Crippen molar-refractivity contribution in [1.82, 2.24) is 0 Å². The van der Waals surface area contributed by atoms with Crippen LogP contribution in [-0.4, -0.2) is 5.03 Å². The molecule has 0 amide bonds. The van der Waals surface area contributed by atoms with Crippen molar-refractivity contribution in [2.24, 2.45) is 0 Å². The molecule has 0 spiro atoms. The average molecular weight is 205 g/mol. The second-order valence-electron chi connectivity index (χ2n) is 2.38. The topological polar surface area (TPSA) is 57.2 Å². The van der Waals surface area contributed by atoms with E-state index in [0.717, 1.165) is 24.3 Å². The van der Waals surface area contributed by atoms with E-state index < -0.39 is 16.8 Å². The fraction of sp³-hybridized carbons (Fsp3) is 0.143. The Labute approximate surface area is 76.5 Å². The summed E-state index contributed by atoms with van der Waals surface area (Å²) in [5.74, 6) is 0. The Bertz CT molecular complexity index is 334. The zero-order chi connectivity index (χ0) is 10.8. The van der Waals surface area contributed by atoms with Crippen molar-refractivity contribution in [1.29, 1.82) is 0 Å². The van der Waals surface area contributed by atoms with Gasteiger partial charge in [-0.05, 0) is 5.03 Å². The van der Waals surface area contributed by atoms with Crippen molar-refractivity contribution in [2.45, 2.75) is 6.18 Å². The van der Waals surface area contributed by atoms with Crippen LogP contribution in [0.3, 0.4) is 0 Å². The molecule has 0 saturated carbocycles. The summed E-state index contributed by atoms with van der Waals surface area (Å²) in [6.07, 6.45) is -4.44. The highest BCUT2D eigenvalue weighted by atomic mass is 19.4. The van der Waals surface area contributed by atoms with Gasteiger partial charge >= 0.3 is 6.18 Å². The molecule has 0 aromatic heterocycles. The van der Waals surface area contributed by atoms with Gasteiger partial charge in [0.1, 0.15) is 0 Å². The minimum absolute atomic E-state index is 0.122. The van der Waals surface area contributed by atoms with E-state index in [2.05, 4.69) is 5.43 Å². The molecule has 14 heavy (non-hydrogen) atoms. The standard InChI is InChI=1S/C7H4F3N2O2/c8-7(9,10)5-1-3-6(4-2-5)11-12(13)14/h1-4H/q-1. The van der Waals surface area contributed by atoms with Gasteiger partial charge in [-0.25, -0.2) is 0 Å². The lowest BCUT2D eigenvalue weighted by Crippen LogP contribution is -2.03. The second kappa shape index (κ2) is 3.52. The van der Waals surface area contributed by atoms with Gasteiger partial charge in [0.2, 0.25) is 0 Å². The first-order chi connectivity index (χ1) is 6.39. The number of nitrogens with zero attached hydrogens (tertiary/aromatic N) is 2. The molecule has 0 N–H and O–H groups in total. The molecule has 0 fully saturated rings. The highest BCUT2D eigenvalue weighted by Crippen LogP contribution is 2.30. The Morgan fingerprint density at radius 3 is 2.07 bits per heavy atom. The molecule has 4 nitrogen and oxygen atoms in total. The number of nitro groups is 1. The predicted octanol–water partition coefficient (Wildman–Crippen LogP) is 2.90. The third-order valence-corrected chi connectivity index (χ3v) is 1.39.